The van der Waals surface area contributed by atoms with Crippen LogP contribution in [0.5, 0.6) is 11.8 Å². The number of nitrogens with one attached hydrogen (secondary N) is 2. The summed E-state index contributed by atoms with van der Waals surface area (Å²) in [6, 6.07) is 4.34. The van der Waals surface area contributed by atoms with Crippen molar-refractivity contribution in [3.05, 3.63) is 36.0 Å². The molecule has 2 heterocycles. The predicted octanol–water partition coefficient (Wildman–Crippen LogP) is 2.87. The lowest BCUT2D eigenvalue weighted by Crippen LogP contribution is -2.24. The van der Waals surface area contributed by atoms with E-state index in [2.05, 4.69) is 20.3 Å². The second-order valence-electron chi connectivity index (χ2n) is 5.16. The second-order valence-corrected chi connectivity index (χ2v) is 5.16. The van der Waals surface area contributed by atoms with Crippen LogP contribution in [0.25, 0.3) is 0 Å². The van der Waals surface area contributed by atoms with E-state index in [-0.39, 0.29) is 6.04 Å². The van der Waals surface area contributed by atoms with Gasteiger partial charge in [-0.05, 0) is 32.2 Å². The number of ether oxygens (including phenoxy) is 2. The molecule has 2 aromatic heterocycles. The van der Waals surface area contributed by atoms with Gasteiger partial charge in [-0.2, -0.15) is 9.37 Å². The average Bonchev–Trinajstić information content (AvgIpc) is 2.58. The fourth-order valence-corrected chi connectivity index (χ4v) is 2.26. The summed E-state index contributed by atoms with van der Waals surface area (Å²) in [5.74, 6) is 0.647. The molecule has 0 saturated carbocycles. The first kappa shape index (κ1) is 18.6. The van der Waals surface area contributed by atoms with Gasteiger partial charge in [-0.25, -0.2) is 9.97 Å². The predicted molar refractivity (Wildman–Crippen MR) is 93.1 cm³/mol. The quantitative estimate of drug-likeness (QED) is 0.507. The molecule has 8 heteroatoms. The first-order chi connectivity index (χ1) is 12.2. The van der Waals surface area contributed by atoms with Crippen LogP contribution in [0.15, 0.2) is 24.4 Å². The van der Waals surface area contributed by atoms with Crippen molar-refractivity contribution in [2.45, 2.75) is 32.7 Å². The molecular weight excluding hydrogens is 325 g/mol. The monoisotopic (exact) mass is 347 g/mol. The van der Waals surface area contributed by atoms with Crippen LogP contribution in [-0.2, 0) is 6.42 Å². The molecule has 2 N–H and O–H groups in total. The molecule has 7 nitrogen and oxygen atoms in total. The molecule has 0 aromatic carbocycles. The Bertz CT molecular complexity index is 698. The molecule has 0 fully saturated rings. The summed E-state index contributed by atoms with van der Waals surface area (Å²) in [4.78, 5) is 12.5. The molecule has 1 atom stereocenters. The van der Waals surface area contributed by atoms with Gasteiger partial charge in [0.25, 0.3) is 0 Å². The molecule has 1 unspecified atom stereocenters. The smallest absolute Gasteiger partial charge is 0.239 e. The molecule has 134 valence electrons. The lowest BCUT2D eigenvalue weighted by molar-refractivity contribution is 0.292. The van der Waals surface area contributed by atoms with Crippen molar-refractivity contribution in [3.63, 3.8) is 0 Å². The van der Waals surface area contributed by atoms with E-state index in [1.54, 1.807) is 18.3 Å². The molecule has 25 heavy (non-hydrogen) atoms. The zero-order chi connectivity index (χ0) is 18.1. The summed E-state index contributed by atoms with van der Waals surface area (Å²) in [5, 5.41) is 10.5. The van der Waals surface area contributed by atoms with Crippen LogP contribution < -0.4 is 14.8 Å². The summed E-state index contributed by atoms with van der Waals surface area (Å²) in [5.41, 5.74) is 0.640. The van der Waals surface area contributed by atoms with Gasteiger partial charge in [0, 0.05) is 18.9 Å². The van der Waals surface area contributed by atoms with Crippen LogP contribution in [0.4, 0.5) is 10.2 Å². The first-order valence-corrected chi connectivity index (χ1v) is 8.15. The Morgan fingerprint density at radius 1 is 1.24 bits per heavy atom. The van der Waals surface area contributed by atoms with Crippen molar-refractivity contribution >= 4 is 12.0 Å². The number of hydrogen-bond acceptors (Lipinski definition) is 7. The molecule has 2 aromatic rings. The molecule has 0 aliphatic carbocycles. The van der Waals surface area contributed by atoms with Crippen molar-refractivity contribution in [2.75, 3.05) is 18.5 Å². The molecule has 0 aliphatic heterocycles. The average molecular weight is 347 g/mol. The van der Waals surface area contributed by atoms with E-state index in [0.717, 1.165) is 0 Å². The first-order valence-electron chi connectivity index (χ1n) is 8.15. The van der Waals surface area contributed by atoms with Gasteiger partial charge in [0.15, 0.2) is 0 Å². The highest BCUT2D eigenvalue weighted by Crippen LogP contribution is 2.21. The lowest BCUT2D eigenvalue weighted by atomic mass is 10.1. The summed E-state index contributed by atoms with van der Waals surface area (Å²) in [6.07, 6.45) is 3.71. The van der Waals surface area contributed by atoms with Gasteiger partial charge in [-0.15, -0.1) is 0 Å². The van der Waals surface area contributed by atoms with Crippen molar-refractivity contribution in [1.29, 1.82) is 5.41 Å². The molecule has 0 bridgehead atoms. The van der Waals surface area contributed by atoms with Crippen molar-refractivity contribution in [1.82, 2.24) is 15.0 Å². The third-order valence-electron chi connectivity index (χ3n) is 3.27. The third kappa shape index (κ3) is 5.66. The largest absolute Gasteiger partial charge is 0.477 e. The minimum Gasteiger partial charge on any atom is -0.477 e. The van der Waals surface area contributed by atoms with E-state index in [1.165, 1.54) is 12.3 Å². The third-order valence-corrected chi connectivity index (χ3v) is 3.27. The van der Waals surface area contributed by atoms with Gasteiger partial charge in [0.2, 0.25) is 17.7 Å². The zero-order valence-corrected chi connectivity index (χ0v) is 14.3. The highest BCUT2D eigenvalue weighted by atomic mass is 19.1. The van der Waals surface area contributed by atoms with Gasteiger partial charge < -0.3 is 20.2 Å². The number of halogens is 1. The van der Waals surface area contributed by atoms with Gasteiger partial charge in [-0.3, -0.25) is 0 Å². The SMILES string of the molecule is CCOc1cnc(CC(CC=N)Nc2cccc(F)n2)c(OCC)n1. The molecular formula is C17H22FN5O2. The maximum absolute atomic E-state index is 13.3. The second kappa shape index (κ2) is 9.51. The summed E-state index contributed by atoms with van der Waals surface area (Å²) < 4.78 is 24.2. The van der Waals surface area contributed by atoms with E-state index >= 15 is 0 Å². The van der Waals surface area contributed by atoms with Crippen molar-refractivity contribution in [3.8, 4) is 11.8 Å². The highest BCUT2D eigenvalue weighted by molar-refractivity contribution is 5.55. The fraction of sp³-hybridized carbons (Fsp3) is 0.412. The number of hydrogen-bond donors (Lipinski definition) is 2. The van der Waals surface area contributed by atoms with Crippen LogP contribution in [-0.4, -0.2) is 40.4 Å². The normalized spacial score (nSPS) is 11.6. The Hall–Kier alpha value is -2.77. The standard InChI is InChI=1S/C17H22FN5O2/c1-3-24-16-11-20-13(17(23-16)25-4-2)10-12(8-9-19)21-15-7-5-6-14(18)22-15/h5-7,9,11-12,19H,3-4,8,10H2,1-2H3,(H,21,22). The van der Waals surface area contributed by atoms with Gasteiger partial charge in [-0.1, -0.05) is 6.07 Å². The topological polar surface area (TPSA) is 93.0 Å². The lowest BCUT2D eigenvalue weighted by Gasteiger charge is -2.18. The number of aromatic nitrogens is 3. The Labute approximate surface area is 146 Å². The van der Waals surface area contributed by atoms with E-state index in [0.29, 0.717) is 49.3 Å². The molecule has 0 aliphatic rings. The van der Waals surface area contributed by atoms with E-state index in [4.69, 9.17) is 14.9 Å². The highest BCUT2D eigenvalue weighted by Gasteiger charge is 2.16. The van der Waals surface area contributed by atoms with Crippen LogP contribution in [0.1, 0.15) is 26.0 Å². The van der Waals surface area contributed by atoms with Crippen molar-refractivity contribution < 1.29 is 13.9 Å². The number of pyridine rings is 1. The molecule has 0 spiro atoms. The van der Waals surface area contributed by atoms with E-state index < -0.39 is 5.95 Å². The summed E-state index contributed by atoms with van der Waals surface area (Å²) >= 11 is 0. The molecule has 0 amide bonds. The van der Waals surface area contributed by atoms with Crippen LogP contribution >= 0.6 is 0 Å². The summed E-state index contributed by atoms with van der Waals surface area (Å²) in [7, 11) is 0. The fourth-order valence-electron chi connectivity index (χ4n) is 2.26. The molecule has 0 saturated heterocycles. The Kier molecular flexibility index (Phi) is 7.06. The van der Waals surface area contributed by atoms with Gasteiger partial charge in [0.1, 0.15) is 11.5 Å². The minimum atomic E-state index is -0.561. The van der Waals surface area contributed by atoms with Crippen LogP contribution in [0.2, 0.25) is 0 Å². The van der Waals surface area contributed by atoms with Crippen LogP contribution in [0.3, 0.4) is 0 Å². The maximum Gasteiger partial charge on any atom is 0.239 e. The molecule has 0 radical (unpaired) electrons. The Morgan fingerprint density at radius 3 is 2.72 bits per heavy atom. The van der Waals surface area contributed by atoms with Crippen molar-refractivity contribution in [2.24, 2.45) is 0 Å². The zero-order valence-electron chi connectivity index (χ0n) is 14.3. The molecule has 2 rings (SSSR count). The van der Waals surface area contributed by atoms with E-state index in [9.17, 15) is 4.39 Å². The minimum absolute atomic E-state index is 0.196. The van der Waals surface area contributed by atoms with Gasteiger partial charge in [0.05, 0.1) is 19.4 Å². The van der Waals surface area contributed by atoms with Gasteiger partial charge >= 0.3 is 0 Å². The number of rotatable bonds is 10. The number of anilines is 1. The van der Waals surface area contributed by atoms with E-state index in [1.807, 2.05) is 13.8 Å². The maximum atomic E-state index is 13.3. The Morgan fingerprint density at radius 2 is 2.04 bits per heavy atom. The summed E-state index contributed by atoms with van der Waals surface area (Å²) in [6.45, 7) is 4.67. The Balaban J connectivity index is 2.18. The number of nitrogens with zero attached hydrogens (tertiary/aromatic N) is 3. The van der Waals surface area contributed by atoms with Crippen LogP contribution in [0, 0.1) is 11.4 Å².